The molecule has 1 aromatic rings. The van der Waals surface area contributed by atoms with Crippen molar-refractivity contribution in [2.75, 3.05) is 18.5 Å². The van der Waals surface area contributed by atoms with Gasteiger partial charge in [0.1, 0.15) is 0 Å². The Morgan fingerprint density at radius 3 is 2.59 bits per heavy atom. The number of carboxylic acids is 1. The summed E-state index contributed by atoms with van der Waals surface area (Å²) < 4.78 is 0. The van der Waals surface area contributed by atoms with Crippen LogP contribution in [0.3, 0.4) is 0 Å². The number of carbonyl (C=O) groups is 1. The molecule has 0 saturated heterocycles. The summed E-state index contributed by atoms with van der Waals surface area (Å²) in [6, 6.07) is 6.28. The average molecular weight is 233 g/mol. The molecule has 0 aromatic heterocycles. The van der Waals surface area contributed by atoms with E-state index in [1.54, 1.807) is 0 Å². The van der Waals surface area contributed by atoms with E-state index in [-0.39, 0.29) is 0 Å². The highest BCUT2D eigenvalue weighted by molar-refractivity contribution is 5.79. The van der Waals surface area contributed by atoms with Crippen LogP contribution in [0.25, 0.3) is 0 Å². The molecule has 0 radical (unpaired) electrons. The first kappa shape index (κ1) is 12.0. The molecule has 1 aliphatic rings. The molecule has 1 fully saturated rings. The number of hydrogen-bond acceptors (Lipinski definition) is 2. The minimum absolute atomic E-state index is 0.495. The maximum absolute atomic E-state index is 11.2. The third-order valence-electron chi connectivity index (χ3n) is 3.62. The number of aliphatic carboxylic acids is 1. The summed E-state index contributed by atoms with van der Waals surface area (Å²) in [7, 11) is 1.98. The molecule has 1 N–H and O–H groups in total. The summed E-state index contributed by atoms with van der Waals surface area (Å²) in [6.07, 6.45) is 1.61. The van der Waals surface area contributed by atoms with E-state index in [2.05, 4.69) is 36.9 Å². The van der Waals surface area contributed by atoms with Gasteiger partial charge in [0.2, 0.25) is 0 Å². The highest BCUT2D eigenvalue weighted by Gasteiger charge is 2.51. The Morgan fingerprint density at radius 1 is 1.41 bits per heavy atom. The quantitative estimate of drug-likeness (QED) is 0.869. The van der Waals surface area contributed by atoms with Gasteiger partial charge in [-0.05, 0) is 43.9 Å². The first-order chi connectivity index (χ1) is 7.94. The molecule has 0 unspecified atom stereocenters. The lowest BCUT2D eigenvalue weighted by Gasteiger charge is -2.25. The molecule has 3 nitrogen and oxygen atoms in total. The van der Waals surface area contributed by atoms with Gasteiger partial charge >= 0.3 is 5.97 Å². The Balaban J connectivity index is 2.17. The number of benzene rings is 1. The lowest BCUT2D eigenvalue weighted by Crippen LogP contribution is -2.32. The van der Waals surface area contributed by atoms with E-state index in [9.17, 15) is 9.90 Å². The van der Waals surface area contributed by atoms with E-state index in [0.717, 1.165) is 18.5 Å². The van der Waals surface area contributed by atoms with Crippen LogP contribution in [0.1, 0.15) is 24.0 Å². The smallest absolute Gasteiger partial charge is 0.311 e. The van der Waals surface area contributed by atoms with E-state index in [1.165, 1.54) is 11.1 Å². The summed E-state index contributed by atoms with van der Waals surface area (Å²) >= 11 is 0. The molecule has 0 spiro atoms. The molecule has 92 valence electrons. The van der Waals surface area contributed by atoms with Crippen LogP contribution in [-0.4, -0.2) is 24.7 Å². The van der Waals surface area contributed by atoms with Crippen LogP contribution in [0.4, 0.5) is 5.69 Å². The number of carboxylic acid groups (broad SMARTS) is 1. The molecule has 1 saturated carbocycles. The average Bonchev–Trinajstić information content (AvgIpc) is 3.02. The topological polar surface area (TPSA) is 40.5 Å². The Morgan fingerprint density at radius 2 is 2.06 bits per heavy atom. The molecule has 2 rings (SSSR count). The normalized spacial score (nSPS) is 16.6. The molecule has 1 aliphatic carbocycles. The summed E-state index contributed by atoms with van der Waals surface area (Å²) in [5, 5.41) is 9.20. The van der Waals surface area contributed by atoms with Crippen molar-refractivity contribution >= 4 is 11.7 Å². The second-order valence-electron chi connectivity index (χ2n) is 5.23. The first-order valence-corrected chi connectivity index (χ1v) is 5.96. The van der Waals surface area contributed by atoms with Crippen LogP contribution < -0.4 is 4.90 Å². The summed E-state index contributed by atoms with van der Waals surface area (Å²) in [6.45, 7) is 4.72. The van der Waals surface area contributed by atoms with Crippen molar-refractivity contribution in [3.05, 3.63) is 29.3 Å². The largest absolute Gasteiger partial charge is 0.481 e. The third-order valence-corrected chi connectivity index (χ3v) is 3.62. The van der Waals surface area contributed by atoms with E-state index >= 15 is 0 Å². The van der Waals surface area contributed by atoms with Crippen molar-refractivity contribution in [2.24, 2.45) is 5.41 Å². The zero-order chi connectivity index (χ0) is 12.6. The van der Waals surface area contributed by atoms with Crippen LogP contribution in [0, 0.1) is 19.3 Å². The number of aryl methyl sites for hydroxylation is 2. The van der Waals surface area contributed by atoms with Crippen LogP contribution >= 0.6 is 0 Å². The van der Waals surface area contributed by atoms with Gasteiger partial charge in [-0.2, -0.15) is 0 Å². The molecule has 17 heavy (non-hydrogen) atoms. The highest BCUT2D eigenvalue weighted by atomic mass is 16.4. The van der Waals surface area contributed by atoms with Gasteiger partial charge in [0.15, 0.2) is 0 Å². The molecule has 0 bridgehead atoms. The maximum Gasteiger partial charge on any atom is 0.311 e. The van der Waals surface area contributed by atoms with Gasteiger partial charge in [0.05, 0.1) is 5.41 Å². The Hall–Kier alpha value is -1.51. The summed E-state index contributed by atoms with van der Waals surface area (Å²) in [4.78, 5) is 13.2. The molecule has 0 atom stereocenters. The Kier molecular flexibility index (Phi) is 2.86. The Bertz CT molecular complexity index is 450. The fourth-order valence-corrected chi connectivity index (χ4v) is 2.26. The zero-order valence-corrected chi connectivity index (χ0v) is 10.7. The first-order valence-electron chi connectivity index (χ1n) is 5.96. The molecule has 1 aromatic carbocycles. The van der Waals surface area contributed by atoms with E-state index in [0.29, 0.717) is 6.54 Å². The SMILES string of the molecule is Cc1ccc(C)c(N(C)CC2(C(=O)O)CC2)c1. The number of rotatable bonds is 4. The lowest BCUT2D eigenvalue weighted by molar-refractivity contribution is -0.142. The van der Waals surface area contributed by atoms with Crippen molar-refractivity contribution in [3.8, 4) is 0 Å². The predicted molar refractivity (Wildman–Crippen MR) is 68.5 cm³/mol. The van der Waals surface area contributed by atoms with Gasteiger partial charge in [0.25, 0.3) is 0 Å². The molecule has 0 amide bonds. The van der Waals surface area contributed by atoms with Crippen molar-refractivity contribution in [2.45, 2.75) is 26.7 Å². The molecule has 3 heteroatoms. The van der Waals surface area contributed by atoms with Crippen LogP contribution in [0.5, 0.6) is 0 Å². The van der Waals surface area contributed by atoms with Gasteiger partial charge in [-0.15, -0.1) is 0 Å². The van der Waals surface area contributed by atoms with Crippen LogP contribution in [0.2, 0.25) is 0 Å². The standard InChI is InChI=1S/C14H19NO2/c1-10-4-5-11(2)12(8-10)15(3)9-14(6-7-14)13(16)17/h4-5,8H,6-7,9H2,1-3H3,(H,16,17). The van der Waals surface area contributed by atoms with E-state index in [4.69, 9.17) is 0 Å². The molecular weight excluding hydrogens is 214 g/mol. The van der Waals surface area contributed by atoms with Crippen molar-refractivity contribution in [1.82, 2.24) is 0 Å². The van der Waals surface area contributed by atoms with Crippen molar-refractivity contribution in [3.63, 3.8) is 0 Å². The Labute approximate surface area is 102 Å². The third kappa shape index (κ3) is 2.28. The van der Waals surface area contributed by atoms with E-state index in [1.807, 2.05) is 7.05 Å². The highest BCUT2D eigenvalue weighted by Crippen LogP contribution is 2.47. The number of nitrogens with zero attached hydrogens (tertiary/aromatic N) is 1. The fraction of sp³-hybridized carbons (Fsp3) is 0.500. The van der Waals surface area contributed by atoms with Gasteiger partial charge in [-0.1, -0.05) is 12.1 Å². The van der Waals surface area contributed by atoms with Gasteiger partial charge < -0.3 is 10.0 Å². The van der Waals surface area contributed by atoms with E-state index < -0.39 is 11.4 Å². The van der Waals surface area contributed by atoms with Crippen molar-refractivity contribution in [1.29, 1.82) is 0 Å². The fourth-order valence-electron chi connectivity index (χ4n) is 2.26. The van der Waals surface area contributed by atoms with Crippen LogP contribution in [-0.2, 0) is 4.79 Å². The molecule has 0 aliphatic heterocycles. The minimum Gasteiger partial charge on any atom is -0.481 e. The summed E-state index contributed by atoms with van der Waals surface area (Å²) in [5.41, 5.74) is 3.04. The second kappa shape index (κ2) is 4.06. The van der Waals surface area contributed by atoms with Crippen LogP contribution in [0.15, 0.2) is 18.2 Å². The lowest BCUT2D eigenvalue weighted by atomic mass is 10.1. The second-order valence-corrected chi connectivity index (χ2v) is 5.23. The molecule has 0 heterocycles. The number of hydrogen-bond donors (Lipinski definition) is 1. The van der Waals surface area contributed by atoms with Crippen molar-refractivity contribution < 1.29 is 9.90 Å². The minimum atomic E-state index is -0.658. The summed E-state index contributed by atoms with van der Waals surface area (Å²) in [5.74, 6) is -0.658. The van der Waals surface area contributed by atoms with Gasteiger partial charge in [-0.3, -0.25) is 4.79 Å². The molecular formula is C14H19NO2. The monoisotopic (exact) mass is 233 g/mol. The predicted octanol–water partition coefficient (Wildman–Crippen LogP) is 2.60. The number of anilines is 1. The van der Waals surface area contributed by atoms with Gasteiger partial charge in [0, 0.05) is 19.3 Å². The van der Waals surface area contributed by atoms with Gasteiger partial charge in [-0.25, -0.2) is 0 Å². The maximum atomic E-state index is 11.2. The zero-order valence-electron chi connectivity index (χ0n) is 10.7.